The molecule has 2 aromatic carbocycles. The number of carboxylic acid groups (broad SMARTS) is 2. The second-order valence-electron chi connectivity index (χ2n) is 5.92. The van der Waals surface area contributed by atoms with Crippen molar-refractivity contribution in [3.8, 4) is 0 Å². The standard InChI is InChI=1S/C10H12O2.C8H8O2.C4H9.C2H5I.Li/c1-2-5-8-6-3-4-7-9(8)10(11)12;1-6-4-2-3-5-7(6)8(9)10;1-3-4-2;1-2-3;/h3-4,6-7H,2,5H2,1H3,(H,11,12);2-5H,1H3,(H,9,10);3H,4H2,1-2H3;2H2,1H3;/q;;-1;;+1. The first-order chi connectivity index (χ1) is 13.8. The number of carboxylic acids is 2. The van der Waals surface area contributed by atoms with Crippen LogP contribution in [0.5, 0.6) is 0 Å². The van der Waals surface area contributed by atoms with Crippen LogP contribution in [-0.4, -0.2) is 26.6 Å². The van der Waals surface area contributed by atoms with Gasteiger partial charge in [-0.15, -0.1) is 0 Å². The molecule has 0 bridgehead atoms. The Hall–Kier alpha value is -1.29. The first-order valence-corrected chi connectivity index (χ1v) is 11.3. The quantitative estimate of drug-likeness (QED) is 0.270. The van der Waals surface area contributed by atoms with E-state index in [2.05, 4.69) is 49.8 Å². The minimum atomic E-state index is -0.863. The monoisotopic (exact) mass is 520 g/mol. The number of carbonyl (C=O) groups is 2. The number of unbranched alkanes of at least 4 members (excludes halogenated alkanes) is 1. The molecule has 162 valence electrons. The molecule has 0 fully saturated rings. The van der Waals surface area contributed by atoms with Crippen molar-refractivity contribution < 1.29 is 38.7 Å². The van der Waals surface area contributed by atoms with Crippen LogP contribution in [0.25, 0.3) is 0 Å². The Morgan fingerprint density at radius 2 is 1.30 bits per heavy atom. The average molecular weight is 520 g/mol. The number of aromatic carboxylic acids is 2. The molecule has 0 saturated heterocycles. The number of hydrogen-bond donors (Lipinski definition) is 2. The Balaban J connectivity index is -0.000000366. The van der Waals surface area contributed by atoms with Gasteiger partial charge in [0.2, 0.25) is 0 Å². The van der Waals surface area contributed by atoms with Crippen LogP contribution in [0.4, 0.5) is 0 Å². The first kappa shape index (κ1) is 33.3. The summed E-state index contributed by atoms with van der Waals surface area (Å²) in [6.45, 7) is 10.1. The summed E-state index contributed by atoms with van der Waals surface area (Å²) in [7, 11) is 0. The third-order valence-corrected chi connectivity index (χ3v) is 3.55. The van der Waals surface area contributed by atoms with Crippen molar-refractivity contribution in [3.63, 3.8) is 0 Å². The smallest absolute Gasteiger partial charge is 0.478 e. The van der Waals surface area contributed by atoms with Crippen LogP contribution < -0.4 is 18.9 Å². The van der Waals surface area contributed by atoms with Crippen molar-refractivity contribution in [1.29, 1.82) is 0 Å². The molecule has 0 spiro atoms. The second kappa shape index (κ2) is 22.4. The fourth-order valence-corrected chi connectivity index (χ4v) is 2.03. The summed E-state index contributed by atoms with van der Waals surface area (Å²) in [5.74, 6) is -1.70. The summed E-state index contributed by atoms with van der Waals surface area (Å²) in [6.07, 6.45) is 5.13. The normalized spacial score (nSPS) is 8.60. The van der Waals surface area contributed by atoms with E-state index >= 15 is 0 Å². The molecule has 2 N–H and O–H groups in total. The summed E-state index contributed by atoms with van der Waals surface area (Å²) >= 11 is 2.29. The van der Waals surface area contributed by atoms with E-state index in [0.717, 1.165) is 24.0 Å². The first-order valence-electron chi connectivity index (χ1n) is 9.74. The van der Waals surface area contributed by atoms with Crippen molar-refractivity contribution in [2.45, 2.75) is 53.9 Å². The molecule has 2 rings (SSSR count). The van der Waals surface area contributed by atoms with Gasteiger partial charge in [0.05, 0.1) is 11.1 Å². The number of alkyl halides is 1. The van der Waals surface area contributed by atoms with E-state index in [1.54, 1.807) is 37.3 Å². The van der Waals surface area contributed by atoms with Crippen LogP contribution in [0, 0.1) is 13.3 Å². The van der Waals surface area contributed by atoms with E-state index in [1.807, 2.05) is 25.1 Å². The van der Waals surface area contributed by atoms with Gasteiger partial charge in [-0.1, -0.05) is 86.2 Å². The summed E-state index contributed by atoms with van der Waals surface area (Å²) in [6, 6.07) is 14.1. The Bertz CT molecular complexity index is 703. The maximum atomic E-state index is 10.7. The van der Waals surface area contributed by atoms with E-state index in [1.165, 1.54) is 10.8 Å². The van der Waals surface area contributed by atoms with Gasteiger partial charge < -0.3 is 16.6 Å². The van der Waals surface area contributed by atoms with Crippen molar-refractivity contribution >= 4 is 34.5 Å². The molecule has 0 radical (unpaired) electrons. The maximum Gasteiger partial charge on any atom is 1.00 e. The molecule has 0 saturated carbocycles. The van der Waals surface area contributed by atoms with Gasteiger partial charge in [0.15, 0.2) is 0 Å². The number of rotatable bonds is 5. The number of benzene rings is 2. The molecule has 0 aliphatic rings. The molecular weight excluding hydrogens is 486 g/mol. The number of halogens is 1. The summed E-state index contributed by atoms with van der Waals surface area (Å²) in [5, 5.41) is 17.4. The van der Waals surface area contributed by atoms with Crippen LogP contribution in [0.1, 0.15) is 72.4 Å². The molecule has 0 aliphatic carbocycles. The minimum Gasteiger partial charge on any atom is -0.478 e. The molecule has 0 atom stereocenters. The van der Waals surface area contributed by atoms with Gasteiger partial charge >= 0.3 is 30.8 Å². The van der Waals surface area contributed by atoms with E-state index in [4.69, 9.17) is 10.2 Å². The van der Waals surface area contributed by atoms with E-state index in [-0.39, 0.29) is 18.9 Å². The molecule has 0 aliphatic heterocycles. The molecule has 0 unspecified atom stereocenters. The maximum absolute atomic E-state index is 10.7. The van der Waals surface area contributed by atoms with Crippen molar-refractivity contribution in [3.05, 3.63) is 77.2 Å². The van der Waals surface area contributed by atoms with Gasteiger partial charge in [0, 0.05) is 0 Å². The predicted octanol–water partition coefficient (Wildman–Crippen LogP) is 4.10. The Morgan fingerprint density at radius 1 is 0.900 bits per heavy atom. The summed E-state index contributed by atoms with van der Waals surface area (Å²) in [4.78, 5) is 21.1. The fraction of sp³-hybridized carbons (Fsp3) is 0.375. The van der Waals surface area contributed by atoms with E-state index < -0.39 is 11.9 Å². The zero-order valence-corrected chi connectivity index (χ0v) is 21.3. The number of aryl methyl sites for hydroxylation is 2. The minimum absolute atomic E-state index is 0. The average Bonchev–Trinajstić information content (AvgIpc) is 2.70. The summed E-state index contributed by atoms with van der Waals surface area (Å²) < 4.78 is 1.22. The van der Waals surface area contributed by atoms with Crippen molar-refractivity contribution in [2.75, 3.05) is 4.43 Å². The Kier molecular flexibility index (Phi) is 24.9. The molecular formula is C24H34ILiO4. The summed E-state index contributed by atoms with van der Waals surface area (Å²) in [5.41, 5.74) is 2.53. The van der Waals surface area contributed by atoms with Gasteiger partial charge in [0.25, 0.3) is 0 Å². The van der Waals surface area contributed by atoms with Crippen LogP contribution in [0.2, 0.25) is 0 Å². The molecule has 0 amide bonds. The largest absolute Gasteiger partial charge is 1.00 e. The Morgan fingerprint density at radius 3 is 1.63 bits per heavy atom. The zero-order chi connectivity index (χ0) is 22.7. The number of hydrogen-bond acceptors (Lipinski definition) is 2. The van der Waals surface area contributed by atoms with Gasteiger partial charge in [-0.2, -0.15) is 13.3 Å². The van der Waals surface area contributed by atoms with E-state index in [9.17, 15) is 9.59 Å². The van der Waals surface area contributed by atoms with E-state index in [0.29, 0.717) is 11.1 Å². The predicted molar refractivity (Wildman–Crippen MR) is 130 cm³/mol. The Labute approximate surface area is 207 Å². The third-order valence-electron chi connectivity index (χ3n) is 3.55. The second-order valence-corrected chi connectivity index (χ2v) is 7.44. The molecule has 2 aromatic rings. The van der Waals surface area contributed by atoms with Crippen molar-refractivity contribution in [2.24, 2.45) is 0 Å². The van der Waals surface area contributed by atoms with Crippen molar-refractivity contribution in [1.82, 2.24) is 0 Å². The zero-order valence-electron chi connectivity index (χ0n) is 19.1. The van der Waals surface area contributed by atoms with Gasteiger partial charge in [-0.25, -0.2) is 9.59 Å². The van der Waals surface area contributed by atoms with Gasteiger partial charge in [0.1, 0.15) is 0 Å². The van der Waals surface area contributed by atoms with Gasteiger partial charge in [-0.05, 0) is 41.0 Å². The molecule has 4 nitrogen and oxygen atoms in total. The van der Waals surface area contributed by atoms with Gasteiger partial charge in [-0.3, -0.25) is 0 Å². The fourth-order valence-electron chi connectivity index (χ4n) is 2.03. The molecule has 6 heteroatoms. The third kappa shape index (κ3) is 16.5. The SMILES string of the molecule is CCCc1ccccc1C(=O)O.CCI.C[CH-]CC.Cc1ccccc1C(=O)O.[Li+]. The topological polar surface area (TPSA) is 74.6 Å². The van der Waals surface area contributed by atoms with Crippen LogP contribution in [-0.2, 0) is 6.42 Å². The van der Waals surface area contributed by atoms with Crippen LogP contribution in [0.15, 0.2) is 48.5 Å². The van der Waals surface area contributed by atoms with Crippen LogP contribution in [0.3, 0.4) is 0 Å². The molecule has 0 aromatic heterocycles. The van der Waals surface area contributed by atoms with Crippen LogP contribution >= 0.6 is 22.6 Å². The molecule has 0 heterocycles. The molecule has 30 heavy (non-hydrogen) atoms.